The lowest BCUT2D eigenvalue weighted by Gasteiger charge is -2.07. The van der Waals surface area contributed by atoms with Crippen molar-refractivity contribution in [2.24, 2.45) is 0 Å². The van der Waals surface area contributed by atoms with Gasteiger partial charge in [0.25, 0.3) is 10.0 Å². The molecule has 0 saturated heterocycles. The van der Waals surface area contributed by atoms with E-state index >= 15 is 0 Å². The second kappa shape index (κ2) is 6.66. The summed E-state index contributed by atoms with van der Waals surface area (Å²) in [6.45, 7) is 3.23. The first-order valence-corrected chi connectivity index (χ1v) is 8.28. The zero-order chi connectivity index (χ0) is 14.6. The number of aryl methyl sites for hydroxylation is 1. The molecule has 0 aliphatic heterocycles. The number of rotatable bonds is 9. The van der Waals surface area contributed by atoms with Crippen molar-refractivity contribution in [1.82, 2.24) is 20.2 Å². The van der Waals surface area contributed by atoms with Crippen LogP contribution in [-0.4, -0.2) is 44.9 Å². The van der Waals surface area contributed by atoms with Crippen LogP contribution in [0.5, 0.6) is 0 Å². The Balaban J connectivity index is 2.01. The molecule has 0 amide bonds. The van der Waals surface area contributed by atoms with Crippen molar-refractivity contribution in [3.8, 4) is 0 Å². The molecule has 0 bridgehead atoms. The maximum absolute atomic E-state index is 12.2. The highest BCUT2D eigenvalue weighted by Gasteiger charge is 2.26. The van der Waals surface area contributed by atoms with Crippen LogP contribution in [0.15, 0.2) is 5.03 Å². The number of nitrogens with one attached hydrogen (secondary N) is 3. The van der Waals surface area contributed by atoms with Crippen LogP contribution in [0, 0.1) is 6.92 Å². The number of hydrogen-bond acceptors (Lipinski definition) is 5. The third kappa shape index (κ3) is 4.02. The van der Waals surface area contributed by atoms with Gasteiger partial charge < -0.3 is 10.1 Å². The maximum Gasteiger partial charge on any atom is 0.260 e. The Morgan fingerprint density at radius 2 is 2.20 bits per heavy atom. The molecule has 1 aromatic rings. The van der Waals surface area contributed by atoms with E-state index in [0.29, 0.717) is 32.2 Å². The van der Waals surface area contributed by atoms with E-state index < -0.39 is 10.0 Å². The van der Waals surface area contributed by atoms with Crippen LogP contribution in [0.1, 0.15) is 30.5 Å². The van der Waals surface area contributed by atoms with Gasteiger partial charge >= 0.3 is 0 Å². The van der Waals surface area contributed by atoms with Crippen molar-refractivity contribution in [2.75, 3.05) is 20.3 Å². The average molecular weight is 302 g/mol. The standard InChI is InChI=1S/C12H22N4O3S/c1-9-11(8-13-10-4-5-10)12(16-15-9)20(17,18)14-6-3-7-19-2/h10,13-14H,3-8H2,1-2H3,(H,15,16). The van der Waals surface area contributed by atoms with Gasteiger partial charge in [0.2, 0.25) is 0 Å². The van der Waals surface area contributed by atoms with Crippen molar-refractivity contribution >= 4 is 10.0 Å². The zero-order valence-electron chi connectivity index (χ0n) is 11.9. The summed E-state index contributed by atoms with van der Waals surface area (Å²) in [6, 6.07) is 0.523. The molecule has 2 rings (SSSR count). The largest absolute Gasteiger partial charge is 0.385 e. The van der Waals surface area contributed by atoms with Crippen LogP contribution in [0.2, 0.25) is 0 Å². The molecular formula is C12H22N4O3S. The monoisotopic (exact) mass is 302 g/mol. The summed E-state index contributed by atoms with van der Waals surface area (Å²) in [4.78, 5) is 0. The number of aromatic nitrogens is 2. The Bertz CT molecular complexity index is 537. The van der Waals surface area contributed by atoms with Crippen molar-refractivity contribution in [2.45, 2.75) is 43.8 Å². The second-order valence-corrected chi connectivity index (χ2v) is 6.71. The molecule has 1 aromatic heterocycles. The Morgan fingerprint density at radius 1 is 1.45 bits per heavy atom. The first-order valence-electron chi connectivity index (χ1n) is 6.80. The lowest BCUT2D eigenvalue weighted by Crippen LogP contribution is -2.27. The summed E-state index contributed by atoms with van der Waals surface area (Å²) in [5.41, 5.74) is 1.51. The van der Waals surface area contributed by atoms with Crippen LogP contribution in [-0.2, 0) is 21.3 Å². The van der Waals surface area contributed by atoms with Crippen molar-refractivity contribution < 1.29 is 13.2 Å². The van der Waals surface area contributed by atoms with Crippen molar-refractivity contribution in [3.63, 3.8) is 0 Å². The van der Waals surface area contributed by atoms with Gasteiger partial charge in [-0.05, 0) is 26.2 Å². The summed E-state index contributed by atoms with van der Waals surface area (Å²) in [7, 11) is -1.98. The van der Waals surface area contributed by atoms with Crippen LogP contribution >= 0.6 is 0 Å². The van der Waals surface area contributed by atoms with Gasteiger partial charge in [-0.15, -0.1) is 0 Å². The SMILES string of the molecule is COCCCNS(=O)(=O)c1n[nH]c(C)c1CNC1CC1. The molecule has 7 nitrogen and oxygen atoms in total. The Hall–Kier alpha value is -0.960. The number of H-pyrrole nitrogens is 1. The van der Waals surface area contributed by atoms with Crippen LogP contribution in [0.3, 0.4) is 0 Å². The lowest BCUT2D eigenvalue weighted by atomic mass is 10.2. The van der Waals surface area contributed by atoms with E-state index in [9.17, 15) is 8.42 Å². The Labute approximate surface area is 119 Å². The van der Waals surface area contributed by atoms with Gasteiger partial charge in [-0.1, -0.05) is 0 Å². The van der Waals surface area contributed by atoms with E-state index in [1.807, 2.05) is 6.92 Å². The molecule has 1 aliphatic rings. The third-order valence-electron chi connectivity index (χ3n) is 3.25. The molecule has 3 N–H and O–H groups in total. The van der Waals surface area contributed by atoms with E-state index in [-0.39, 0.29) is 5.03 Å². The summed E-state index contributed by atoms with van der Waals surface area (Å²) in [5, 5.41) is 10.1. The quantitative estimate of drug-likeness (QED) is 0.570. The Morgan fingerprint density at radius 3 is 2.85 bits per heavy atom. The van der Waals surface area contributed by atoms with Gasteiger partial charge in [-0.25, -0.2) is 13.1 Å². The van der Waals surface area contributed by atoms with Crippen molar-refractivity contribution in [1.29, 1.82) is 0 Å². The highest BCUT2D eigenvalue weighted by atomic mass is 32.2. The minimum Gasteiger partial charge on any atom is -0.385 e. The van der Waals surface area contributed by atoms with Gasteiger partial charge in [0.05, 0.1) is 0 Å². The highest BCUT2D eigenvalue weighted by Crippen LogP contribution is 2.21. The fraction of sp³-hybridized carbons (Fsp3) is 0.750. The summed E-state index contributed by atoms with van der Waals surface area (Å²) in [5.74, 6) is 0. The average Bonchev–Trinajstić information content (AvgIpc) is 3.15. The molecule has 0 radical (unpaired) electrons. The van der Waals surface area contributed by atoms with Crippen LogP contribution in [0.25, 0.3) is 0 Å². The van der Waals surface area contributed by atoms with E-state index in [1.165, 1.54) is 0 Å². The van der Waals surface area contributed by atoms with E-state index in [4.69, 9.17) is 4.74 Å². The normalized spacial score (nSPS) is 15.7. The second-order valence-electron chi connectivity index (χ2n) is 5.03. The Kier molecular flexibility index (Phi) is 5.14. The molecule has 0 atom stereocenters. The molecule has 0 spiro atoms. The summed E-state index contributed by atoms with van der Waals surface area (Å²) in [6.07, 6.45) is 2.96. The van der Waals surface area contributed by atoms with Gasteiger partial charge in [0, 0.05) is 44.1 Å². The minimum atomic E-state index is -3.57. The number of methoxy groups -OCH3 is 1. The van der Waals surface area contributed by atoms with E-state index in [1.54, 1.807) is 7.11 Å². The molecular weight excluding hydrogens is 280 g/mol. The molecule has 0 unspecified atom stereocenters. The van der Waals surface area contributed by atoms with Gasteiger partial charge in [-0.3, -0.25) is 5.10 Å². The van der Waals surface area contributed by atoms with Gasteiger partial charge in [0.1, 0.15) is 0 Å². The number of hydrogen-bond donors (Lipinski definition) is 3. The lowest BCUT2D eigenvalue weighted by molar-refractivity contribution is 0.196. The molecule has 1 aliphatic carbocycles. The number of nitrogens with zero attached hydrogens (tertiary/aromatic N) is 1. The number of sulfonamides is 1. The topological polar surface area (TPSA) is 96.1 Å². The summed E-state index contributed by atoms with van der Waals surface area (Å²) < 4.78 is 31.9. The van der Waals surface area contributed by atoms with Crippen molar-refractivity contribution in [3.05, 3.63) is 11.3 Å². The highest BCUT2D eigenvalue weighted by molar-refractivity contribution is 7.89. The smallest absolute Gasteiger partial charge is 0.260 e. The first kappa shape index (κ1) is 15.4. The molecule has 1 fully saturated rings. The van der Waals surface area contributed by atoms with Gasteiger partial charge in [0.15, 0.2) is 5.03 Å². The predicted molar refractivity (Wildman–Crippen MR) is 74.9 cm³/mol. The fourth-order valence-corrected chi connectivity index (χ4v) is 3.15. The molecule has 1 heterocycles. The number of aromatic amines is 1. The summed E-state index contributed by atoms with van der Waals surface area (Å²) >= 11 is 0. The minimum absolute atomic E-state index is 0.0977. The van der Waals surface area contributed by atoms with Crippen LogP contribution in [0.4, 0.5) is 0 Å². The zero-order valence-corrected chi connectivity index (χ0v) is 12.7. The predicted octanol–water partition coefficient (Wildman–Crippen LogP) is 0.285. The first-order chi connectivity index (χ1) is 9.54. The van der Waals surface area contributed by atoms with E-state index in [2.05, 4.69) is 20.2 Å². The van der Waals surface area contributed by atoms with Gasteiger partial charge in [-0.2, -0.15) is 5.10 Å². The fourth-order valence-electron chi connectivity index (χ4n) is 1.89. The molecule has 114 valence electrons. The van der Waals surface area contributed by atoms with Crippen LogP contribution < -0.4 is 10.0 Å². The molecule has 1 saturated carbocycles. The third-order valence-corrected chi connectivity index (χ3v) is 4.68. The van der Waals surface area contributed by atoms with E-state index in [0.717, 1.165) is 24.1 Å². The molecule has 0 aromatic carbocycles. The molecule has 20 heavy (non-hydrogen) atoms. The maximum atomic E-state index is 12.2. The molecule has 8 heteroatoms. The number of ether oxygens (including phenoxy) is 1.